The fourth-order valence-corrected chi connectivity index (χ4v) is 3.11. The van der Waals surface area contributed by atoms with Gasteiger partial charge in [0.25, 0.3) is 5.69 Å². The van der Waals surface area contributed by atoms with Crippen molar-refractivity contribution in [3.05, 3.63) is 75.3 Å². The number of rotatable bonds is 9. The van der Waals surface area contributed by atoms with E-state index in [1.54, 1.807) is 0 Å². The van der Waals surface area contributed by atoms with E-state index < -0.39 is 52.8 Å². The maximum atomic E-state index is 13.4. The summed E-state index contributed by atoms with van der Waals surface area (Å²) in [5.41, 5.74) is 0.148. The number of halogens is 2. The number of non-ortho nitro benzene ring substituents is 1. The molecule has 1 N–H and O–H groups in total. The summed E-state index contributed by atoms with van der Waals surface area (Å²) in [5, 5.41) is 13.3. The Kier molecular flexibility index (Phi) is 8.33. The predicted molar refractivity (Wildman–Crippen MR) is 106 cm³/mol. The van der Waals surface area contributed by atoms with Crippen molar-refractivity contribution in [2.24, 2.45) is 0 Å². The number of nitrogens with zero attached hydrogens (tertiary/aromatic N) is 1. The number of benzene rings is 2. The van der Waals surface area contributed by atoms with Crippen molar-refractivity contribution in [2.45, 2.75) is 24.8 Å². The predicted octanol–water partition coefficient (Wildman–Crippen LogP) is 2.42. The van der Waals surface area contributed by atoms with Crippen molar-refractivity contribution in [2.75, 3.05) is 14.2 Å². The van der Waals surface area contributed by atoms with Gasteiger partial charge in [0.15, 0.2) is 0 Å². The Hall–Kier alpha value is -3.89. The van der Waals surface area contributed by atoms with E-state index in [0.29, 0.717) is 11.6 Å². The zero-order chi connectivity index (χ0) is 23.8. The van der Waals surface area contributed by atoms with Gasteiger partial charge >= 0.3 is 11.9 Å². The van der Waals surface area contributed by atoms with Crippen LogP contribution in [-0.2, 0) is 30.3 Å². The number of amides is 1. The summed E-state index contributed by atoms with van der Waals surface area (Å²) in [4.78, 5) is 47.2. The van der Waals surface area contributed by atoms with Crippen LogP contribution in [0.3, 0.4) is 0 Å². The highest BCUT2D eigenvalue weighted by molar-refractivity contribution is 5.87. The SMILES string of the molecule is COC(=O)C[C@H](c1ccc([N+](=O)[O-])cc1)[C@H](NC(=O)Cc1cc(F)cc(F)c1)C(=O)OC. The maximum absolute atomic E-state index is 13.4. The second-order valence-electron chi connectivity index (χ2n) is 6.76. The van der Waals surface area contributed by atoms with E-state index in [-0.39, 0.29) is 17.7 Å². The average molecular weight is 450 g/mol. The van der Waals surface area contributed by atoms with Gasteiger partial charge in [-0.05, 0) is 23.3 Å². The molecule has 0 heterocycles. The number of nitrogens with one attached hydrogen (secondary N) is 1. The van der Waals surface area contributed by atoms with Crippen molar-refractivity contribution in [3.8, 4) is 0 Å². The molecule has 0 aliphatic carbocycles. The van der Waals surface area contributed by atoms with E-state index in [9.17, 15) is 33.3 Å². The van der Waals surface area contributed by atoms with Gasteiger partial charge in [-0.15, -0.1) is 0 Å². The van der Waals surface area contributed by atoms with Crippen molar-refractivity contribution in [3.63, 3.8) is 0 Å². The topological polar surface area (TPSA) is 125 Å². The molecular weight excluding hydrogens is 430 g/mol. The first-order chi connectivity index (χ1) is 15.1. The maximum Gasteiger partial charge on any atom is 0.329 e. The number of carbonyl (C=O) groups is 3. The lowest BCUT2D eigenvalue weighted by Crippen LogP contribution is -2.46. The van der Waals surface area contributed by atoms with Crippen molar-refractivity contribution >= 4 is 23.5 Å². The van der Waals surface area contributed by atoms with Crippen molar-refractivity contribution in [1.82, 2.24) is 5.32 Å². The van der Waals surface area contributed by atoms with E-state index in [2.05, 4.69) is 10.1 Å². The molecule has 0 aliphatic heterocycles. The number of esters is 2. The standard InChI is InChI=1S/C21H20F2N2O7/c1-31-19(27)11-17(13-3-5-16(6-4-13)25(29)30)20(21(28)32-2)24-18(26)9-12-7-14(22)10-15(23)8-12/h3-8,10,17,20H,9,11H2,1-2H3,(H,24,26)/t17-,20+/m1/s1. The van der Waals surface area contributed by atoms with Crippen LogP contribution in [0.15, 0.2) is 42.5 Å². The van der Waals surface area contributed by atoms with Crippen LogP contribution >= 0.6 is 0 Å². The van der Waals surface area contributed by atoms with Crippen LogP contribution in [0.5, 0.6) is 0 Å². The summed E-state index contributed by atoms with van der Waals surface area (Å²) in [6.45, 7) is 0. The first-order valence-corrected chi connectivity index (χ1v) is 9.28. The number of nitro benzene ring substituents is 1. The van der Waals surface area contributed by atoms with Crippen LogP contribution in [0.1, 0.15) is 23.5 Å². The summed E-state index contributed by atoms with van der Waals surface area (Å²) in [7, 11) is 2.22. The summed E-state index contributed by atoms with van der Waals surface area (Å²) in [5.74, 6) is -5.09. The molecule has 2 aromatic carbocycles. The molecule has 2 aromatic rings. The van der Waals surface area contributed by atoms with Crippen LogP contribution in [0.4, 0.5) is 14.5 Å². The molecule has 0 saturated carbocycles. The summed E-state index contributed by atoms with van der Waals surface area (Å²) >= 11 is 0. The van der Waals surface area contributed by atoms with E-state index >= 15 is 0 Å². The molecule has 0 spiro atoms. The zero-order valence-corrected chi connectivity index (χ0v) is 17.2. The molecular formula is C21H20F2N2O7. The Labute approximate surface area is 181 Å². The number of methoxy groups -OCH3 is 2. The monoisotopic (exact) mass is 450 g/mol. The lowest BCUT2D eigenvalue weighted by atomic mass is 9.88. The third-order valence-electron chi connectivity index (χ3n) is 4.61. The molecule has 0 bridgehead atoms. The average Bonchev–Trinajstić information content (AvgIpc) is 2.74. The number of hydrogen-bond donors (Lipinski definition) is 1. The van der Waals surface area contributed by atoms with E-state index in [1.807, 2.05) is 0 Å². The van der Waals surface area contributed by atoms with Gasteiger partial charge in [-0.3, -0.25) is 19.7 Å². The second-order valence-corrected chi connectivity index (χ2v) is 6.76. The van der Waals surface area contributed by atoms with Crippen molar-refractivity contribution in [1.29, 1.82) is 0 Å². The van der Waals surface area contributed by atoms with Gasteiger partial charge in [0.1, 0.15) is 17.7 Å². The number of hydrogen-bond acceptors (Lipinski definition) is 7. The van der Waals surface area contributed by atoms with E-state index in [1.165, 1.54) is 24.3 Å². The third kappa shape index (κ3) is 6.56. The molecule has 1 amide bonds. The Morgan fingerprint density at radius 2 is 1.62 bits per heavy atom. The molecule has 11 heteroatoms. The molecule has 0 radical (unpaired) electrons. The van der Waals surface area contributed by atoms with Gasteiger partial charge in [-0.1, -0.05) is 12.1 Å². The molecule has 2 rings (SSSR count). The summed E-state index contributed by atoms with van der Waals surface area (Å²) in [6, 6.07) is 6.27. The molecule has 0 aromatic heterocycles. The molecule has 0 fully saturated rings. The number of carbonyl (C=O) groups excluding carboxylic acids is 3. The van der Waals surface area contributed by atoms with Gasteiger partial charge < -0.3 is 14.8 Å². The Balaban J connectivity index is 2.34. The largest absolute Gasteiger partial charge is 0.469 e. The van der Waals surface area contributed by atoms with E-state index in [0.717, 1.165) is 26.4 Å². The second kappa shape index (κ2) is 10.9. The Morgan fingerprint density at radius 3 is 2.12 bits per heavy atom. The Bertz CT molecular complexity index is 991. The molecule has 2 atom stereocenters. The molecule has 0 saturated heterocycles. The molecule has 32 heavy (non-hydrogen) atoms. The van der Waals surface area contributed by atoms with Gasteiger partial charge in [-0.2, -0.15) is 0 Å². The Morgan fingerprint density at radius 1 is 1.03 bits per heavy atom. The minimum absolute atomic E-state index is 0.0310. The highest BCUT2D eigenvalue weighted by Gasteiger charge is 2.34. The van der Waals surface area contributed by atoms with Gasteiger partial charge in [0, 0.05) is 24.1 Å². The summed E-state index contributed by atoms with van der Waals surface area (Å²) < 4.78 is 36.2. The lowest BCUT2D eigenvalue weighted by Gasteiger charge is -2.26. The van der Waals surface area contributed by atoms with Gasteiger partial charge in [0.05, 0.1) is 32.0 Å². The number of nitro groups is 1. The lowest BCUT2D eigenvalue weighted by molar-refractivity contribution is -0.384. The van der Waals surface area contributed by atoms with Crippen LogP contribution in [-0.4, -0.2) is 43.0 Å². The van der Waals surface area contributed by atoms with Crippen LogP contribution < -0.4 is 5.32 Å². The molecule has 0 unspecified atom stereocenters. The quantitative estimate of drug-likeness (QED) is 0.353. The normalized spacial score (nSPS) is 12.4. The minimum atomic E-state index is -1.38. The highest BCUT2D eigenvalue weighted by atomic mass is 19.1. The first-order valence-electron chi connectivity index (χ1n) is 9.28. The highest BCUT2D eigenvalue weighted by Crippen LogP contribution is 2.27. The molecule has 0 aliphatic rings. The fraction of sp³-hybridized carbons (Fsp3) is 0.286. The summed E-state index contributed by atoms with van der Waals surface area (Å²) in [6.07, 6.45) is -0.809. The number of ether oxygens (including phenoxy) is 2. The van der Waals surface area contributed by atoms with Crippen LogP contribution in [0.2, 0.25) is 0 Å². The van der Waals surface area contributed by atoms with Crippen LogP contribution in [0.25, 0.3) is 0 Å². The van der Waals surface area contributed by atoms with Crippen molar-refractivity contribution < 1.29 is 37.6 Å². The van der Waals surface area contributed by atoms with Crippen LogP contribution in [0, 0.1) is 21.7 Å². The third-order valence-corrected chi connectivity index (χ3v) is 4.61. The fourth-order valence-electron chi connectivity index (χ4n) is 3.11. The van der Waals surface area contributed by atoms with Gasteiger partial charge in [0.2, 0.25) is 5.91 Å². The zero-order valence-electron chi connectivity index (χ0n) is 17.2. The van der Waals surface area contributed by atoms with Gasteiger partial charge in [-0.25, -0.2) is 13.6 Å². The first kappa shape index (κ1) is 24.4. The smallest absolute Gasteiger partial charge is 0.329 e. The van der Waals surface area contributed by atoms with E-state index in [4.69, 9.17) is 4.74 Å². The minimum Gasteiger partial charge on any atom is -0.469 e. The molecule has 170 valence electrons. The molecule has 9 nitrogen and oxygen atoms in total.